The zero-order valence-electron chi connectivity index (χ0n) is 15.8. The van der Waals surface area contributed by atoms with Crippen LogP contribution in [0.1, 0.15) is 11.3 Å². The standard InChI is InChI=1S/C21H22F2N4O/c1-25-19-3-2-14(22)10-17(19)16-4-5-27(13-20(16)25)15-11-18(23)21(24-12-15)26-6-8-28-9-7-26/h2-3,10-12H,4-9,13H2,1H3. The summed E-state index contributed by atoms with van der Waals surface area (Å²) >= 11 is 0. The number of benzene rings is 1. The lowest BCUT2D eigenvalue weighted by Gasteiger charge is -2.31. The van der Waals surface area contributed by atoms with Crippen molar-refractivity contribution < 1.29 is 13.5 Å². The topological polar surface area (TPSA) is 33.5 Å². The third kappa shape index (κ3) is 2.81. The molecule has 146 valence electrons. The molecule has 0 bridgehead atoms. The highest BCUT2D eigenvalue weighted by atomic mass is 19.1. The molecule has 0 radical (unpaired) electrons. The van der Waals surface area contributed by atoms with Crippen molar-refractivity contribution in [2.75, 3.05) is 42.6 Å². The molecule has 5 rings (SSSR count). The number of morpholine rings is 1. The Balaban J connectivity index is 1.44. The number of halogens is 2. The number of rotatable bonds is 2. The number of ether oxygens (including phenoxy) is 1. The van der Waals surface area contributed by atoms with E-state index in [1.807, 2.05) is 18.0 Å². The Morgan fingerprint density at radius 3 is 2.64 bits per heavy atom. The van der Waals surface area contributed by atoms with Crippen LogP contribution in [0.15, 0.2) is 30.5 Å². The highest BCUT2D eigenvalue weighted by molar-refractivity contribution is 5.86. The van der Waals surface area contributed by atoms with E-state index >= 15 is 0 Å². The lowest BCUT2D eigenvalue weighted by Crippen LogP contribution is -2.37. The summed E-state index contributed by atoms with van der Waals surface area (Å²) in [5.41, 5.74) is 4.13. The molecule has 1 fully saturated rings. The Kier molecular flexibility index (Phi) is 4.19. The first kappa shape index (κ1) is 17.4. The van der Waals surface area contributed by atoms with Gasteiger partial charge in [0, 0.05) is 49.3 Å². The zero-order valence-corrected chi connectivity index (χ0v) is 15.8. The molecule has 0 unspecified atom stereocenters. The predicted molar refractivity (Wildman–Crippen MR) is 105 cm³/mol. The summed E-state index contributed by atoms with van der Waals surface area (Å²) in [6, 6.07) is 6.51. The predicted octanol–water partition coefficient (Wildman–Crippen LogP) is 3.25. The number of aryl methyl sites for hydroxylation is 1. The zero-order chi connectivity index (χ0) is 19.3. The van der Waals surface area contributed by atoms with E-state index < -0.39 is 0 Å². The average Bonchev–Trinajstić information content (AvgIpc) is 2.99. The van der Waals surface area contributed by atoms with Gasteiger partial charge in [0.25, 0.3) is 0 Å². The molecular formula is C21H22F2N4O. The molecule has 0 amide bonds. The average molecular weight is 384 g/mol. The monoisotopic (exact) mass is 384 g/mol. The van der Waals surface area contributed by atoms with Gasteiger partial charge in [0.15, 0.2) is 11.6 Å². The number of aromatic nitrogens is 2. The van der Waals surface area contributed by atoms with Crippen LogP contribution in [0.2, 0.25) is 0 Å². The third-order valence-electron chi connectivity index (χ3n) is 5.85. The number of nitrogens with zero attached hydrogens (tertiary/aromatic N) is 4. The van der Waals surface area contributed by atoms with Gasteiger partial charge in [0.1, 0.15) is 5.82 Å². The van der Waals surface area contributed by atoms with E-state index in [2.05, 4.69) is 14.5 Å². The van der Waals surface area contributed by atoms with Crippen molar-refractivity contribution in [2.24, 2.45) is 7.05 Å². The van der Waals surface area contributed by atoms with Gasteiger partial charge >= 0.3 is 0 Å². The van der Waals surface area contributed by atoms with Crippen molar-refractivity contribution in [3.8, 4) is 0 Å². The van der Waals surface area contributed by atoms with E-state index in [0.717, 1.165) is 35.2 Å². The molecule has 4 heterocycles. The summed E-state index contributed by atoms with van der Waals surface area (Å²) < 4.78 is 35.9. The molecule has 2 aliphatic heterocycles. The van der Waals surface area contributed by atoms with Gasteiger partial charge in [-0.3, -0.25) is 0 Å². The fourth-order valence-corrected chi connectivity index (χ4v) is 4.35. The highest BCUT2D eigenvalue weighted by Gasteiger charge is 2.25. The van der Waals surface area contributed by atoms with Gasteiger partial charge in [-0.25, -0.2) is 13.8 Å². The molecule has 0 aliphatic carbocycles. The number of hydrogen-bond donors (Lipinski definition) is 0. The molecule has 0 atom stereocenters. The van der Waals surface area contributed by atoms with Gasteiger partial charge in [-0.2, -0.15) is 0 Å². The Morgan fingerprint density at radius 1 is 1.04 bits per heavy atom. The first-order valence-corrected chi connectivity index (χ1v) is 9.60. The van der Waals surface area contributed by atoms with Crippen molar-refractivity contribution in [3.63, 3.8) is 0 Å². The molecule has 7 heteroatoms. The van der Waals surface area contributed by atoms with Crippen molar-refractivity contribution >= 4 is 22.4 Å². The Bertz CT molecular complexity index is 1040. The minimum Gasteiger partial charge on any atom is -0.378 e. The number of hydrogen-bond acceptors (Lipinski definition) is 4. The Labute approximate surface area is 162 Å². The third-order valence-corrected chi connectivity index (χ3v) is 5.85. The van der Waals surface area contributed by atoms with Gasteiger partial charge in [-0.1, -0.05) is 0 Å². The SMILES string of the molecule is Cn1c2c(c3cc(F)ccc31)CCN(c1cnc(N3CCOCC3)c(F)c1)C2. The van der Waals surface area contributed by atoms with E-state index in [1.165, 1.54) is 11.6 Å². The second-order valence-corrected chi connectivity index (χ2v) is 7.42. The van der Waals surface area contributed by atoms with Crippen LogP contribution in [0.4, 0.5) is 20.3 Å². The Morgan fingerprint density at radius 2 is 1.86 bits per heavy atom. The summed E-state index contributed by atoms with van der Waals surface area (Å²) in [7, 11) is 2.00. The molecule has 2 aromatic heterocycles. The molecule has 0 saturated carbocycles. The highest BCUT2D eigenvalue weighted by Crippen LogP contribution is 2.33. The van der Waals surface area contributed by atoms with Gasteiger partial charge < -0.3 is 19.1 Å². The van der Waals surface area contributed by atoms with Gasteiger partial charge in [-0.15, -0.1) is 0 Å². The molecule has 28 heavy (non-hydrogen) atoms. The normalized spacial score (nSPS) is 17.2. The van der Waals surface area contributed by atoms with E-state index in [4.69, 9.17) is 4.74 Å². The first-order valence-electron chi connectivity index (χ1n) is 9.60. The van der Waals surface area contributed by atoms with E-state index in [0.29, 0.717) is 38.7 Å². The summed E-state index contributed by atoms with van der Waals surface area (Å²) in [5, 5.41) is 0.976. The summed E-state index contributed by atoms with van der Waals surface area (Å²) in [5.74, 6) is -0.123. The van der Waals surface area contributed by atoms with Crippen LogP contribution in [0, 0.1) is 11.6 Å². The minimum absolute atomic E-state index is 0.215. The van der Waals surface area contributed by atoms with Gasteiger partial charge in [-0.05, 0) is 30.2 Å². The van der Waals surface area contributed by atoms with Crippen LogP contribution in [0.5, 0.6) is 0 Å². The lowest BCUT2D eigenvalue weighted by molar-refractivity contribution is 0.122. The van der Waals surface area contributed by atoms with Crippen LogP contribution in [-0.2, 0) is 24.8 Å². The van der Waals surface area contributed by atoms with Crippen LogP contribution >= 0.6 is 0 Å². The number of fused-ring (bicyclic) bond motifs is 3. The smallest absolute Gasteiger partial charge is 0.167 e. The first-order chi connectivity index (χ1) is 13.6. The van der Waals surface area contributed by atoms with Crippen LogP contribution in [0.25, 0.3) is 10.9 Å². The van der Waals surface area contributed by atoms with E-state index in [1.54, 1.807) is 18.3 Å². The van der Waals surface area contributed by atoms with Crippen molar-refractivity contribution in [1.29, 1.82) is 0 Å². The molecule has 0 N–H and O–H groups in total. The summed E-state index contributed by atoms with van der Waals surface area (Å²) in [6.07, 6.45) is 2.55. The summed E-state index contributed by atoms with van der Waals surface area (Å²) in [6.45, 7) is 3.91. The second-order valence-electron chi connectivity index (χ2n) is 7.42. The quantitative estimate of drug-likeness (QED) is 0.679. The largest absolute Gasteiger partial charge is 0.378 e. The lowest BCUT2D eigenvalue weighted by atomic mass is 10.0. The molecule has 0 spiro atoms. The fraction of sp³-hybridized carbons (Fsp3) is 0.381. The van der Waals surface area contributed by atoms with Crippen molar-refractivity contribution in [2.45, 2.75) is 13.0 Å². The fourth-order valence-electron chi connectivity index (χ4n) is 4.35. The molecular weight excluding hydrogens is 362 g/mol. The van der Waals surface area contributed by atoms with Crippen molar-refractivity contribution in [3.05, 3.63) is 53.4 Å². The van der Waals surface area contributed by atoms with Crippen LogP contribution in [0.3, 0.4) is 0 Å². The van der Waals surface area contributed by atoms with Gasteiger partial charge in [0.05, 0.1) is 31.6 Å². The maximum absolute atomic E-state index is 14.8. The molecule has 1 saturated heterocycles. The maximum Gasteiger partial charge on any atom is 0.167 e. The van der Waals surface area contributed by atoms with E-state index in [-0.39, 0.29) is 11.6 Å². The molecule has 1 aromatic carbocycles. The Hall–Kier alpha value is -2.67. The van der Waals surface area contributed by atoms with Crippen LogP contribution < -0.4 is 9.80 Å². The number of anilines is 2. The molecule has 5 nitrogen and oxygen atoms in total. The summed E-state index contributed by atoms with van der Waals surface area (Å²) in [4.78, 5) is 8.47. The second kappa shape index (κ2) is 6.74. The number of pyridine rings is 1. The minimum atomic E-state index is -0.302. The molecule has 3 aromatic rings. The molecule has 2 aliphatic rings. The maximum atomic E-state index is 14.8. The van der Waals surface area contributed by atoms with Crippen molar-refractivity contribution in [1.82, 2.24) is 9.55 Å². The van der Waals surface area contributed by atoms with E-state index in [9.17, 15) is 8.78 Å². The van der Waals surface area contributed by atoms with Gasteiger partial charge in [0.2, 0.25) is 0 Å². The van der Waals surface area contributed by atoms with Crippen LogP contribution in [-0.4, -0.2) is 42.4 Å².